The highest BCUT2D eigenvalue weighted by atomic mass is 16.1. The van der Waals surface area contributed by atoms with Crippen molar-refractivity contribution >= 4 is 17.3 Å². The predicted molar refractivity (Wildman–Crippen MR) is 93.1 cm³/mol. The summed E-state index contributed by atoms with van der Waals surface area (Å²) in [6, 6.07) is 16.8. The van der Waals surface area contributed by atoms with Crippen LogP contribution in [0.1, 0.15) is 38.1 Å². The number of rotatable bonds is 3. The van der Waals surface area contributed by atoms with Crippen LogP contribution in [0.15, 0.2) is 54.6 Å². The molecule has 0 saturated heterocycles. The summed E-state index contributed by atoms with van der Waals surface area (Å²) in [4.78, 5) is 11.9. The highest BCUT2D eigenvalue weighted by Gasteiger charge is 2.04. The number of para-hydroxylation sites is 1. The van der Waals surface area contributed by atoms with Gasteiger partial charge in [-0.05, 0) is 36.4 Å². The van der Waals surface area contributed by atoms with Crippen molar-refractivity contribution in [1.29, 1.82) is 0 Å². The molecule has 0 fully saturated rings. The summed E-state index contributed by atoms with van der Waals surface area (Å²) in [6.07, 6.45) is 0. The van der Waals surface area contributed by atoms with E-state index in [-0.39, 0.29) is 5.91 Å². The maximum atomic E-state index is 11.9. The summed E-state index contributed by atoms with van der Waals surface area (Å²) in [7, 11) is 1.85. The van der Waals surface area contributed by atoms with Gasteiger partial charge in [0.05, 0.1) is 0 Å². The number of anilines is 2. The van der Waals surface area contributed by atoms with Crippen molar-refractivity contribution < 1.29 is 4.79 Å². The lowest BCUT2D eigenvalue weighted by atomic mass is 10.2. The van der Waals surface area contributed by atoms with Crippen molar-refractivity contribution in [3.63, 3.8) is 0 Å². The number of hydrogen-bond donors (Lipinski definition) is 2. The third kappa shape index (κ3) is 6.61. The Morgan fingerprint density at radius 3 is 1.76 bits per heavy atom. The van der Waals surface area contributed by atoms with Gasteiger partial charge in [-0.3, -0.25) is 4.79 Å². The van der Waals surface area contributed by atoms with Crippen LogP contribution in [0.5, 0.6) is 0 Å². The molecular formula is C18H26N2O. The molecule has 0 bridgehead atoms. The van der Waals surface area contributed by atoms with Crippen molar-refractivity contribution in [2.75, 3.05) is 17.7 Å². The minimum absolute atomic E-state index is 0.0983. The maximum Gasteiger partial charge on any atom is 0.255 e. The van der Waals surface area contributed by atoms with Gasteiger partial charge in [-0.25, -0.2) is 0 Å². The number of hydrogen-bond acceptors (Lipinski definition) is 2. The van der Waals surface area contributed by atoms with E-state index < -0.39 is 0 Å². The van der Waals surface area contributed by atoms with E-state index in [0.717, 1.165) is 11.4 Å². The standard InChI is InChI=1S/C14H14N2O.2C2H6/c1-15-12-9-7-11(8-10-12)14(17)16-13-5-3-2-4-6-13;2*1-2/h2-10,15H,1H3,(H,16,17);2*1-2H3. The second-order valence-electron chi connectivity index (χ2n) is 3.65. The second kappa shape index (κ2) is 11.5. The van der Waals surface area contributed by atoms with Gasteiger partial charge in [0.2, 0.25) is 0 Å². The summed E-state index contributed by atoms with van der Waals surface area (Å²) in [5.74, 6) is -0.0983. The summed E-state index contributed by atoms with van der Waals surface area (Å²) in [5.41, 5.74) is 2.43. The molecule has 0 atom stereocenters. The monoisotopic (exact) mass is 286 g/mol. The summed E-state index contributed by atoms with van der Waals surface area (Å²) >= 11 is 0. The zero-order valence-electron chi connectivity index (χ0n) is 13.6. The van der Waals surface area contributed by atoms with E-state index in [1.165, 1.54) is 0 Å². The highest BCUT2D eigenvalue weighted by Crippen LogP contribution is 2.11. The molecule has 3 heteroatoms. The molecule has 0 radical (unpaired) electrons. The van der Waals surface area contributed by atoms with Gasteiger partial charge in [0.1, 0.15) is 0 Å². The van der Waals surface area contributed by atoms with Gasteiger partial charge in [-0.1, -0.05) is 45.9 Å². The summed E-state index contributed by atoms with van der Waals surface area (Å²) in [5, 5.41) is 5.85. The fourth-order valence-corrected chi connectivity index (χ4v) is 1.51. The molecule has 21 heavy (non-hydrogen) atoms. The van der Waals surface area contributed by atoms with Crippen LogP contribution in [0, 0.1) is 0 Å². The molecule has 0 heterocycles. The van der Waals surface area contributed by atoms with E-state index in [9.17, 15) is 4.79 Å². The Morgan fingerprint density at radius 2 is 1.29 bits per heavy atom. The first-order chi connectivity index (χ1) is 10.3. The molecule has 3 nitrogen and oxygen atoms in total. The third-order valence-electron chi connectivity index (χ3n) is 2.47. The lowest BCUT2D eigenvalue weighted by Crippen LogP contribution is -2.11. The zero-order valence-corrected chi connectivity index (χ0v) is 13.6. The van der Waals surface area contributed by atoms with E-state index in [0.29, 0.717) is 5.56 Å². The third-order valence-corrected chi connectivity index (χ3v) is 2.47. The fraction of sp³-hybridized carbons (Fsp3) is 0.278. The maximum absolute atomic E-state index is 11.9. The van der Waals surface area contributed by atoms with Gasteiger partial charge in [0.15, 0.2) is 0 Å². The van der Waals surface area contributed by atoms with Gasteiger partial charge in [0.25, 0.3) is 5.91 Å². The molecule has 0 spiro atoms. The van der Waals surface area contributed by atoms with Crippen molar-refractivity contribution in [3.05, 3.63) is 60.2 Å². The average Bonchev–Trinajstić information content (AvgIpc) is 2.59. The number of benzene rings is 2. The first kappa shape index (κ1) is 18.7. The van der Waals surface area contributed by atoms with Crippen LogP contribution in [0.4, 0.5) is 11.4 Å². The van der Waals surface area contributed by atoms with Crippen LogP contribution in [0.25, 0.3) is 0 Å². The SMILES string of the molecule is CC.CC.CNc1ccc(C(=O)Nc2ccccc2)cc1. The molecule has 0 unspecified atom stereocenters. The molecule has 0 aromatic heterocycles. The molecule has 114 valence electrons. The largest absolute Gasteiger partial charge is 0.388 e. The Labute approximate surface area is 128 Å². The van der Waals surface area contributed by atoms with Crippen LogP contribution in [0.3, 0.4) is 0 Å². The van der Waals surface area contributed by atoms with Gasteiger partial charge in [0, 0.05) is 24.0 Å². The Bertz CT molecular complexity index is 492. The number of carbonyl (C=O) groups excluding carboxylic acids is 1. The Balaban J connectivity index is 0.000000921. The van der Waals surface area contributed by atoms with E-state index in [4.69, 9.17) is 0 Å². The summed E-state index contributed by atoms with van der Waals surface area (Å²) in [6.45, 7) is 8.00. The van der Waals surface area contributed by atoms with Crippen LogP contribution in [-0.2, 0) is 0 Å². The average molecular weight is 286 g/mol. The van der Waals surface area contributed by atoms with Crippen molar-refractivity contribution in [2.24, 2.45) is 0 Å². The molecule has 2 aromatic rings. The van der Waals surface area contributed by atoms with Gasteiger partial charge < -0.3 is 10.6 Å². The van der Waals surface area contributed by atoms with E-state index in [2.05, 4.69) is 10.6 Å². The minimum Gasteiger partial charge on any atom is -0.388 e. The molecule has 0 aliphatic carbocycles. The van der Waals surface area contributed by atoms with Crippen molar-refractivity contribution in [2.45, 2.75) is 27.7 Å². The minimum atomic E-state index is -0.0983. The molecular weight excluding hydrogens is 260 g/mol. The lowest BCUT2D eigenvalue weighted by Gasteiger charge is -2.05. The van der Waals surface area contributed by atoms with Crippen LogP contribution >= 0.6 is 0 Å². The zero-order chi connectivity index (χ0) is 16.1. The predicted octanol–water partition coefficient (Wildman–Crippen LogP) is 5.03. The number of carbonyl (C=O) groups is 1. The molecule has 0 aliphatic heterocycles. The van der Waals surface area contributed by atoms with Crippen molar-refractivity contribution in [1.82, 2.24) is 0 Å². The molecule has 0 aliphatic rings. The van der Waals surface area contributed by atoms with Crippen molar-refractivity contribution in [3.8, 4) is 0 Å². The van der Waals surface area contributed by atoms with Gasteiger partial charge >= 0.3 is 0 Å². The van der Waals surface area contributed by atoms with E-state index in [1.807, 2.05) is 77.2 Å². The molecule has 0 saturated carbocycles. The molecule has 2 N–H and O–H groups in total. The van der Waals surface area contributed by atoms with Crippen LogP contribution in [-0.4, -0.2) is 13.0 Å². The lowest BCUT2D eigenvalue weighted by molar-refractivity contribution is 0.102. The smallest absolute Gasteiger partial charge is 0.255 e. The number of amides is 1. The normalized spacial score (nSPS) is 8.43. The summed E-state index contributed by atoms with van der Waals surface area (Å²) < 4.78 is 0. The fourth-order valence-electron chi connectivity index (χ4n) is 1.51. The molecule has 2 rings (SSSR count). The molecule has 2 aromatic carbocycles. The first-order valence-corrected chi connectivity index (χ1v) is 7.44. The Hall–Kier alpha value is -2.29. The molecule has 1 amide bonds. The topological polar surface area (TPSA) is 41.1 Å². The Morgan fingerprint density at radius 1 is 0.762 bits per heavy atom. The van der Waals surface area contributed by atoms with Gasteiger partial charge in [-0.2, -0.15) is 0 Å². The first-order valence-electron chi connectivity index (χ1n) is 7.44. The van der Waals surface area contributed by atoms with E-state index in [1.54, 1.807) is 12.1 Å². The van der Waals surface area contributed by atoms with Gasteiger partial charge in [-0.15, -0.1) is 0 Å². The van der Waals surface area contributed by atoms with Crippen LogP contribution in [0.2, 0.25) is 0 Å². The van der Waals surface area contributed by atoms with Crippen LogP contribution < -0.4 is 10.6 Å². The Kier molecular flexibility index (Phi) is 10.3. The van der Waals surface area contributed by atoms with E-state index >= 15 is 0 Å². The number of nitrogens with one attached hydrogen (secondary N) is 2. The quantitative estimate of drug-likeness (QED) is 0.830. The highest BCUT2D eigenvalue weighted by molar-refractivity contribution is 6.04. The second-order valence-corrected chi connectivity index (χ2v) is 3.65.